The van der Waals surface area contributed by atoms with E-state index in [9.17, 15) is 0 Å². The van der Waals surface area contributed by atoms with Crippen molar-refractivity contribution in [2.45, 2.75) is 18.2 Å². The van der Waals surface area contributed by atoms with Crippen molar-refractivity contribution in [3.63, 3.8) is 0 Å². The summed E-state index contributed by atoms with van der Waals surface area (Å²) in [7, 11) is 1.61. The highest BCUT2D eigenvalue weighted by molar-refractivity contribution is 5.28. The molecule has 0 radical (unpaired) electrons. The van der Waals surface area contributed by atoms with Crippen molar-refractivity contribution in [3.05, 3.63) is 108 Å². The number of benzene rings is 3. The van der Waals surface area contributed by atoms with Gasteiger partial charge in [-0.25, -0.2) is 0 Å². The van der Waals surface area contributed by atoms with E-state index in [1.54, 1.807) is 7.11 Å². The first-order valence-corrected chi connectivity index (χ1v) is 8.38. The number of hydrogen-bond acceptors (Lipinski definition) is 3. The molecule has 3 nitrogen and oxygen atoms in total. The summed E-state index contributed by atoms with van der Waals surface area (Å²) < 4.78 is 18.5. The van der Waals surface area contributed by atoms with Crippen LogP contribution in [-0.4, -0.2) is 7.11 Å². The van der Waals surface area contributed by atoms with Crippen LogP contribution in [0.3, 0.4) is 0 Å². The molecule has 4 rings (SSSR count). The van der Waals surface area contributed by atoms with E-state index >= 15 is 0 Å². The maximum atomic E-state index is 6.39. The second kappa shape index (κ2) is 6.81. The molecule has 1 saturated heterocycles. The van der Waals surface area contributed by atoms with E-state index in [0.29, 0.717) is 0 Å². The summed E-state index contributed by atoms with van der Waals surface area (Å²) >= 11 is 0. The molecule has 0 aliphatic carbocycles. The van der Waals surface area contributed by atoms with Crippen LogP contribution in [0, 0.1) is 0 Å². The van der Waals surface area contributed by atoms with Crippen molar-refractivity contribution >= 4 is 0 Å². The third-order valence-corrected chi connectivity index (χ3v) is 4.49. The highest BCUT2D eigenvalue weighted by atomic mass is 16.9. The highest BCUT2D eigenvalue weighted by Gasteiger charge is 2.50. The Morgan fingerprint density at radius 2 is 1.04 bits per heavy atom. The van der Waals surface area contributed by atoms with Crippen LogP contribution in [0.15, 0.2) is 91.0 Å². The van der Waals surface area contributed by atoms with Gasteiger partial charge < -0.3 is 14.2 Å². The highest BCUT2D eigenvalue weighted by Crippen LogP contribution is 2.51. The smallest absolute Gasteiger partial charge is 0.313 e. The van der Waals surface area contributed by atoms with Crippen LogP contribution < -0.4 is 0 Å². The average Bonchev–Trinajstić information content (AvgIpc) is 3.11. The normalized spacial score (nSPS) is 25.8. The summed E-state index contributed by atoms with van der Waals surface area (Å²) in [5.41, 5.74) is 2.97. The predicted octanol–water partition coefficient (Wildman–Crippen LogP) is 4.97. The van der Waals surface area contributed by atoms with Gasteiger partial charge in [-0.1, -0.05) is 91.0 Å². The van der Waals surface area contributed by atoms with Crippen LogP contribution in [0.1, 0.15) is 28.9 Å². The number of rotatable bonds is 4. The van der Waals surface area contributed by atoms with Gasteiger partial charge >= 0.3 is 5.97 Å². The molecule has 3 heteroatoms. The van der Waals surface area contributed by atoms with E-state index < -0.39 is 5.97 Å². The van der Waals surface area contributed by atoms with Crippen LogP contribution in [0.25, 0.3) is 0 Å². The third kappa shape index (κ3) is 2.98. The molecular weight excluding hydrogens is 312 g/mol. The van der Waals surface area contributed by atoms with Gasteiger partial charge in [-0.3, -0.25) is 0 Å². The van der Waals surface area contributed by atoms with E-state index in [4.69, 9.17) is 14.2 Å². The van der Waals surface area contributed by atoms with Gasteiger partial charge in [0.15, 0.2) is 0 Å². The Balaban J connectivity index is 1.78. The van der Waals surface area contributed by atoms with E-state index in [1.807, 2.05) is 66.7 Å². The van der Waals surface area contributed by atoms with Gasteiger partial charge in [0.25, 0.3) is 0 Å². The molecule has 0 spiro atoms. The Hall–Kier alpha value is -2.46. The summed E-state index contributed by atoms with van der Waals surface area (Å²) in [4.78, 5) is 0. The molecular formula is C22H20O3. The predicted molar refractivity (Wildman–Crippen MR) is 95.7 cm³/mol. The monoisotopic (exact) mass is 332 g/mol. The van der Waals surface area contributed by atoms with Gasteiger partial charge in [0, 0.05) is 12.7 Å². The van der Waals surface area contributed by atoms with Crippen LogP contribution in [-0.2, 0) is 20.2 Å². The lowest BCUT2D eigenvalue weighted by Gasteiger charge is -2.26. The molecule has 1 aliphatic heterocycles. The minimum atomic E-state index is -1.22. The maximum absolute atomic E-state index is 6.39. The molecule has 1 aliphatic rings. The largest absolute Gasteiger partial charge is 0.327 e. The second-order valence-corrected chi connectivity index (χ2v) is 6.02. The van der Waals surface area contributed by atoms with Gasteiger partial charge in [-0.2, -0.15) is 0 Å². The van der Waals surface area contributed by atoms with Crippen LogP contribution in [0.5, 0.6) is 0 Å². The first kappa shape index (κ1) is 16.0. The van der Waals surface area contributed by atoms with E-state index in [1.165, 1.54) is 0 Å². The number of ether oxygens (including phenoxy) is 3. The van der Waals surface area contributed by atoms with Crippen molar-refractivity contribution in [2.75, 3.05) is 7.11 Å². The molecule has 0 saturated carbocycles. The van der Waals surface area contributed by atoms with Crippen LogP contribution >= 0.6 is 0 Å². The van der Waals surface area contributed by atoms with Crippen LogP contribution in [0.2, 0.25) is 0 Å². The summed E-state index contributed by atoms with van der Waals surface area (Å²) in [5, 5.41) is 0. The summed E-state index contributed by atoms with van der Waals surface area (Å²) in [6.07, 6.45) is -0.521. The van der Waals surface area contributed by atoms with Gasteiger partial charge in [-0.15, -0.1) is 0 Å². The Morgan fingerprint density at radius 3 is 1.44 bits per heavy atom. The minimum absolute atomic E-state index is 0.260. The van der Waals surface area contributed by atoms with E-state index in [2.05, 4.69) is 24.3 Å². The van der Waals surface area contributed by atoms with Crippen molar-refractivity contribution in [1.29, 1.82) is 0 Å². The molecule has 0 aromatic heterocycles. The Bertz CT molecular complexity index is 755. The van der Waals surface area contributed by atoms with Crippen molar-refractivity contribution < 1.29 is 14.2 Å². The molecule has 3 aromatic rings. The van der Waals surface area contributed by atoms with Crippen molar-refractivity contribution in [3.8, 4) is 0 Å². The molecule has 0 amide bonds. The maximum Gasteiger partial charge on any atom is 0.313 e. The standard InChI is InChI=1S/C22H20O3/c1-23-22(19-15-9-4-10-16-19)24-20(17-11-5-2-6-12-17)21(25-22)18-13-7-3-8-14-18/h2-16,20-21H,1H3/t20-,21+,22?. The summed E-state index contributed by atoms with van der Waals surface area (Å²) in [6, 6.07) is 30.0. The zero-order valence-electron chi connectivity index (χ0n) is 14.0. The lowest BCUT2D eigenvalue weighted by molar-refractivity contribution is -0.344. The molecule has 3 atom stereocenters. The topological polar surface area (TPSA) is 27.7 Å². The molecule has 1 fully saturated rings. The van der Waals surface area contributed by atoms with E-state index in [-0.39, 0.29) is 12.2 Å². The van der Waals surface area contributed by atoms with Gasteiger partial charge in [0.1, 0.15) is 12.2 Å². The fourth-order valence-corrected chi connectivity index (χ4v) is 3.25. The molecule has 0 N–H and O–H groups in total. The first-order chi connectivity index (χ1) is 12.3. The second-order valence-electron chi connectivity index (χ2n) is 6.02. The zero-order valence-corrected chi connectivity index (χ0v) is 14.0. The quantitative estimate of drug-likeness (QED) is 0.675. The van der Waals surface area contributed by atoms with E-state index in [0.717, 1.165) is 16.7 Å². The van der Waals surface area contributed by atoms with Gasteiger partial charge in [-0.05, 0) is 11.1 Å². The zero-order chi connectivity index (χ0) is 17.1. The minimum Gasteiger partial charge on any atom is -0.327 e. The van der Waals surface area contributed by atoms with Crippen molar-refractivity contribution in [2.24, 2.45) is 0 Å². The molecule has 0 bridgehead atoms. The lowest BCUT2D eigenvalue weighted by Crippen LogP contribution is -2.29. The van der Waals surface area contributed by atoms with Crippen molar-refractivity contribution in [1.82, 2.24) is 0 Å². The molecule has 126 valence electrons. The first-order valence-electron chi connectivity index (χ1n) is 8.38. The molecule has 3 aromatic carbocycles. The van der Waals surface area contributed by atoms with Crippen LogP contribution in [0.4, 0.5) is 0 Å². The molecule has 25 heavy (non-hydrogen) atoms. The Morgan fingerprint density at radius 1 is 0.640 bits per heavy atom. The third-order valence-electron chi connectivity index (χ3n) is 4.49. The summed E-state index contributed by atoms with van der Waals surface area (Å²) in [6.45, 7) is 0. The average molecular weight is 332 g/mol. The number of hydrogen-bond donors (Lipinski definition) is 0. The lowest BCUT2D eigenvalue weighted by atomic mass is 9.99. The Kier molecular flexibility index (Phi) is 4.36. The SMILES string of the molecule is COC1(c2ccccc2)O[C@H](c2ccccc2)[C@H](c2ccccc2)O1. The fraction of sp³-hybridized carbons (Fsp3) is 0.182. The van der Waals surface area contributed by atoms with Gasteiger partial charge in [0.05, 0.1) is 0 Å². The Labute approximate surface area is 147 Å². The molecule has 1 unspecified atom stereocenters. The fourth-order valence-electron chi connectivity index (χ4n) is 3.25. The van der Waals surface area contributed by atoms with Gasteiger partial charge in [0.2, 0.25) is 0 Å². The number of methoxy groups -OCH3 is 1. The summed E-state index contributed by atoms with van der Waals surface area (Å²) in [5.74, 6) is -1.22. The molecule has 1 heterocycles.